The molecule has 0 unspecified atom stereocenters. The lowest BCUT2D eigenvalue weighted by atomic mass is 9.97. The van der Waals surface area contributed by atoms with E-state index in [1.165, 1.54) is 0 Å². The van der Waals surface area contributed by atoms with Gasteiger partial charge in [-0.15, -0.1) is 0 Å². The summed E-state index contributed by atoms with van der Waals surface area (Å²) < 4.78 is 0. The van der Waals surface area contributed by atoms with Gasteiger partial charge in [0.15, 0.2) is 0 Å². The van der Waals surface area contributed by atoms with Gasteiger partial charge in [0.1, 0.15) is 0 Å². The minimum absolute atomic E-state index is 0.104. The van der Waals surface area contributed by atoms with Gasteiger partial charge in [-0.05, 0) is 34.9 Å². The summed E-state index contributed by atoms with van der Waals surface area (Å²) in [4.78, 5) is 18.7. The van der Waals surface area contributed by atoms with E-state index < -0.39 is 0 Å². The Morgan fingerprint density at radius 3 is 2.47 bits per heavy atom. The Balaban J connectivity index is 1.38. The van der Waals surface area contributed by atoms with Crippen molar-refractivity contribution in [1.82, 2.24) is 20.1 Å². The standard InChI is InChI=1S/C25H24N4O/c1-29(16-13-22-18-24(28-27-22)20-11-14-26-15-12-20)25(30)17-21-9-5-6-10-23(21)19-7-3-2-4-8-19/h2-12,14-15,18H,13,16-17H2,1H3,(H,27,28). The van der Waals surface area contributed by atoms with Gasteiger partial charge in [-0.25, -0.2) is 0 Å². The van der Waals surface area contributed by atoms with Crippen LogP contribution in [0.1, 0.15) is 11.3 Å². The molecular weight excluding hydrogens is 372 g/mol. The molecular formula is C25H24N4O. The first-order valence-electron chi connectivity index (χ1n) is 10.0. The minimum Gasteiger partial charge on any atom is -0.345 e. The number of amides is 1. The zero-order valence-corrected chi connectivity index (χ0v) is 17.0. The van der Waals surface area contributed by atoms with Crippen molar-refractivity contribution in [1.29, 1.82) is 0 Å². The zero-order valence-electron chi connectivity index (χ0n) is 17.0. The third kappa shape index (κ3) is 4.63. The molecule has 5 nitrogen and oxygen atoms in total. The Morgan fingerprint density at radius 2 is 1.67 bits per heavy atom. The van der Waals surface area contributed by atoms with Crippen LogP contribution in [-0.2, 0) is 17.6 Å². The SMILES string of the molecule is CN(CCc1cc(-c2ccncc2)n[nH]1)C(=O)Cc1ccccc1-c1ccccc1. The summed E-state index contributed by atoms with van der Waals surface area (Å²) >= 11 is 0. The number of aromatic nitrogens is 3. The fraction of sp³-hybridized carbons (Fsp3) is 0.160. The number of hydrogen-bond donors (Lipinski definition) is 1. The summed E-state index contributed by atoms with van der Waals surface area (Å²) in [5.41, 5.74) is 6.20. The predicted octanol–water partition coefficient (Wildman–Crippen LogP) is 4.38. The summed E-state index contributed by atoms with van der Waals surface area (Å²) in [6.45, 7) is 0.629. The van der Waals surface area contributed by atoms with Gasteiger partial charge in [0.2, 0.25) is 5.91 Å². The molecule has 0 fully saturated rings. The van der Waals surface area contributed by atoms with Crippen LogP contribution in [0.4, 0.5) is 0 Å². The van der Waals surface area contributed by atoms with Crippen molar-refractivity contribution in [2.24, 2.45) is 0 Å². The van der Waals surface area contributed by atoms with Crippen molar-refractivity contribution in [2.45, 2.75) is 12.8 Å². The molecule has 0 aliphatic heterocycles. The van der Waals surface area contributed by atoms with Gasteiger partial charge < -0.3 is 4.90 Å². The van der Waals surface area contributed by atoms with Crippen LogP contribution in [0.25, 0.3) is 22.4 Å². The third-order valence-corrected chi connectivity index (χ3v) is 5.19. The second kappa shape index (κ2) is 9.18. The molecule has 0 saturated heterocycles. The van der Waals surface area contributed by atoms with Crippen LogP contribution >= 0.6 is 0 Å². The third-order valence-electron chi connectivity index (χ3n) is 5.19. The Bertz CT molecular complexity index is 1110. The van der Waals surface area contributed by atoms with E-state index in [9.17, 15) is 4.79 Å². The topological polar surface area (TPSA) is 61.9 Å². The first-order valence-corrected chi connectivity index (χ1v) is 10.0. The molecule has 5 heteroatoms. The van der Waals surface area contributed by atoms with Crippen molar-refractivity contribution in [2.75, 3.05) is 13.6 Å². The van der Waals surface area contributed by atoms with Gasteiger partial charge in [-0.2, -0.15) is 5.10 Å². The van der Waals surface area contributed by atoms with E-state index in [0.29, 0.717) is 13.0 Å². The van der Waals surface area contributed by atoms with E-state index in [1.54, 1.807) is 17.3 Å². The van der Waals surface area contributed by atoms with E-state index in [4.69, 9.17) is 0 Å². The van der Waals surface area contributed by atoms with Crippen LogP contribution in [0, 0.1) is 0 Å². The van der Waals surface area contributed by atoms with Gasteiger partial charge in [-0.1, -0.05) is 54.6 Å². The molecule has 4 rings (SSSR count). The molecule has 2 aromatic heterocycles. The van der Waals surface area contributed by atoms with Crippen molar-refractivity contribution in [3.63, 3.8) is 0 Å². The highest BCUT2D eigenvalue weighted by Gasteiger charge is 2.14. The Kier molecular flexibility index (Phi) is 5.99. The highest BCUT2D eigenvalue weighted by atomic mass is 16.2. The Hall–Kier alpha value is -3.73. The molecule has 0 aliphatic rings. The van der Waals surface area contributed by atoms with Crippen LogP contribution in [-0.4, -0.2) is 39.6 Å². The number of nitrogens with zero attached hydrogens (tertiary/aromatic N) is 3. The zero-order chi connectivity index (χ0) is 20.8. The largest absolute Gasteiger partial charge is 0.345 e. The maximum absolute atomic E-state index is 12.8. The van der Waals surface area contributed by atoms with Crippen molar-refractivity contribution in [3.8, 4) is 22.4 Å². The number of benzene rings is 2. The molecule has 2 heterocycles. The van der Waals surface area contributed by atoms with Crippen molar-refractivity contribution in [3.05, 3.63) is 96.4 Å². The number of carbonyl (C=O) groups is 1. The van der Waals surface area contributed by atoms with Gasteiger partial charge >= 0.3 is 0 Å². The van der Waals surface area contributed by atoms with Crippen LogP contribution in [0.3, 0.4) is 0 Å². The smallest absolute Gasteiger partial charge is 0.226 e. The lowest BCUT2D eigenvalue weighted by molar-refractivity contribution is -0.129. The van der Waals surface area contributed by atoms with Gasteiger partial charge in [0, 0.05) is 43.7 Å². The first kappa shape index (κ1) is 19.6. The predicted molar refractivity (Wildman–Crippen MR) is 119 cm³/mol. The normalized spacial score (nSPS) is 10.7. The maximum Gasteiger partial charge on any atom is 0.226 e. The molecule has 1 N–H and O–H groups in total. The number of hydrogen-bond acceptors (Lipinski definition) is 3. The maximum atomic E-state index is 12.8. The van der Waals surface area contributed by atoms with Gasteiger partial charge in [0.05, 0.1) is 12.1 Å². The lowest BCUT2D eigenvalue weighted by Crippen LogP contribution is -2.30. The summed E-state index contributed by atoms with van der Waals surface area (Å²) in [5, 5.41) is 7.44. The molecule has 0 radical (unpaired) electrons. The number of aromatic amines is 1. The van der Waals surface area contributed by atoms with Gasteiger partial charge in [-0.3, -0.25) is 14.9 Å². The molecule has 150 valence electrons. The quantitative estimate of drug-likeness (QED) is 0.504. The fourth-order valence-electron chi connectivity index (χ4n) is 3.44. The van der Waals surface area contributed by atoms with E-state index >= 15 is 0 Å². The molecule has 0 saturated carbocycles. The number of nitrogens with one attached hydrogen (secondary N) is 1. The second-order valence-corrected chi connectivity index (χ2v) is 7.28. The second-order valence-electron chi connectivity index (χ2n) is 7.28. The molecule has 30 heavy (non-hydrogen) atoms. The number of likely N-dealkylation sites (N-methyl/N-ethyl adjacent to an activating group) is 1. The molecule has 2 aromatic carbocycles. The van der Waals surface area contributed by atoms with Crippen LogP contribution in [0.5, 0.6) is 0 Å². The molecule has 1 amide bonds. The van der Waals surface area contributed by atoms with E-state index in [-0.39, 0.29) is 5.91 Å². The summed E-state index contributed by atoms with van der Waals surface area (Å²) in [6.07, 6.45) is 4.61. The number of H-pyrrole nitrogens is 1. The number of carbonyl (C=O) groups excluding carboxylic acids is 1. The van der Waals surface area contributed by atoms with Crippen LogP contribution < -0.4 is 0 Å². The molecule has 0 atom stereocenters. The molecule has 4 aromatic rings. The van der Waals surface area contributed by atoms with E-state index in [2.05, 4.69) is 33.4 Å². The average molecular weight is 396 g/mol. The Morgan fingerprint density at radius 1 is 0.933 bits per heavy atom. The summed E-state index contributed by atoms with van der Waals surface area (Å²) in [7, 11) is 1.85. The first-order chi connectivity index (χ1) is 14.7. The van der Waals surface area contributed by atoms with Crippen LogP contribution in [0.15, 0.2) is 85.2 Å². The molecule has 0 spiro atoms. The van der Waals surface area contributed by atoms with Gasteiger partial charge in [0.25, 0.3) is 0 Å². The highest BCUT2D eigenvalue weighted by Crippen LogP contribution is 2.24. The van der Waals surface area contributed by atoms with E-state index in [0.717, 1.165) is 40.1 Å². The van der Waals surface area contributed by atoms with E-state index in [1.807, 2.05) is 61.6 Å². The van der Waals surface area contributed by atoms with Crippen molar-refractivity contribution < 1.29 is 4.79 Å². The lowest BCUT2D eigenvalue weighted by Gasteiger charge is -2.18. The number of pyridine rings is 1. The highest BCUT2D eigenvalue weighted by molar-refractivity contribution is 5.82. The van der Waals surface area contributed by atoms with Crippen LogP contribution in [0.2, 0.25) is 0 Å². The minimum atomic E-state index is 0.104. The summed E-state index contributed by atoms with van der Waals surface area (Å²) in [5.74, 6) is 0.104. The molecule has 0 bridgehead atoms. The number of rotatable bonds is 7. The monoisotopic (exact) mass is 396 g/mol. The Labute approximate surface area is 176 Å². The summed E-state index contributed by atoms with van der Waals surface area (Å²) in [6, 6.07) is 24.2. The fourth-order valence-corrected chi connectivity index (χ4v) is 3.44. The van der Waals surface area contributed by atoms with Crippen molar-refractivity contribution >= 4 is 5.91 Å². The molecule has 0 aliphatic carbocycles. The average Bonchev–Trinajstić information content (AvgIpc) is 3.28.